The predicted molar refractivity (Wildman–Crippen MR) is 224 cm³/mol. The smallest absolute Gasteiger partial charge is 0.493 e. The van der Waals surface area contributed by atoms with E-state index in [0.29, 0.717) is 64.9 Å². The summed E-state index contributed by atoms with van der Waals surface area (Å²) in [5, 5.41) is 0. The third-order valence-corrected chi connectivity index (χ3v) is 16.4. The van der Waals surface area contributed by atoms with Gasteiger partial charge in [0.1, 0.15) is 11.5 Å². The molecule has 0 saturated heterocycles. The quantitative estimate of drug-likeness (QED) is 0.0452. The van der Waals surface area contributed by atoms with Crippen molar-refractivity contribution >= 4 is 17.6 Å². The van der Waals surface area contributed by atoms with Crippen LogP contribution in [0.25, 0.3) is 11.1 Å². The molecule has 4 aromatic rings. The van der Waals surface area contributed by atoms with Crippen LogP contribution in [0.1, 0.15) is 87.8 Å². The van der Waals surface area contributed by atoms with Crippen LogP contribution < -0.4 is 9.47 Å². The molecular formula is C45H62O8Si2. The Labute approximate surface area is 332 Å². The average molecular weight is 787 g/mol. The monoisotopic (exact) mass is 786 g/mol. The van der Waals surface area contributed by atoms with E-state index in [-0.39, 0.29) is 0 Å². The van der Waals surface area contributed by atoms with Gasteiger partial charge in [0.05, 0.1) is 18.6 Å². The molecule has 0 radical (unpaired) electrons. The Bertz CT molecular complexity index is 1650. The molecule has 0 fully saturated rings. The molecular weight excluding hydrogens is 725 g/mol. The first-order valence-corrected chi connectivity index (χ1v) is 24.1. The van der Waals surface area contributed by atoms with Crippen LogP contribution in [0.4, 0.5) is 0 Å². The van der Waals surface area contributed by atoms with E-state index in [1.54, 1.807) is 0 Å². The number of rotatable bonds is 24. The maximum Gasteiger partial charge on any atom is 0.501 e. The Kier molecular flexibility index (Phi) is 15.7. The average Bonchev–Trinajstić information content (AvgIpc) is 3.48. The van der Waals surface area contributed by atoms with E-state index >= 15 is 0 Å². The SMILES string of the molecule is CCO[Si](CCCOc1ccc(C2(c3ccc(OCCC[Si](OCC)(OCC)OCC)c(C)c3)c3ccccc3-c3ccccc32)cc1C)(OCC)OCC. The molecule has 10 heteroatoms. The molecule has 4 aromatic carbocycles. The minimum Gasteiger partial charge on any atom is -0.493 e. The van der Waals surface area contributed by atoms with Gasteiger partial charge in [0.15, 0.2) is 0 Å². The van der Waals surface area contributed by atoms with Crippen LogP contribution in [0.3, 0.4) is 0 Å². The van der Waals surface area contributed by atoms with Crippen molar-refractivity contribution in [1.29, 1.82) is 0 Å². The standard InChI is InChI=1S/C45H62O8Si2/c1-9-48-54(49-10-2,50-11-3)31-19-29-46-43-27-25-37(33-35(43)7)45(41-23-17-15-21-39(41)40-22-16-18-24-42(40)45)38-26-28-44(36(8)34-38)47-30-20-32-55(51-12-4,52-13-5)53-14-6/h15-18,21-28,33-34H,9-14,19-20,29-32H2,1-8H3. The molecule has 0 N–H and O–H groups in total. The van der Waals surface area contributed by atoms with Crippen LogP contribution in [0.5, 0.6) is 11.5 Å². The van der Waals surface area contributed by atoms with Gasteiger partial charge in [0.2, 0.25) is 0 Å². The molecule has 0 spiro atoms. The Morgan fingerprint density at radius 1 is 0.455 bits per heavy atom. The zero-order valence-corrected chi connectivity index (χ0v) is 36.3. The number of aryl methyl sites for hydroxylation is 2. The van der Waals surface area contributed by atoms with E-state index in [2.05, 4.69) is 98.8 Å². The highest BCUT2D eigenvalue weighted by Crippen LogP contribution is 2.56. The molecule has 0 aliphatic heterocycles. The van der Waals surface area contributed by atoms with Gasteiger partial charge in [-0.2, -0.15) is 0 Å². The number of fused-ring (bicyclic) bond motifs is 3. The fraction of sp³-hybridized carbons (Fsp3) is 0.467. The lowest BCUT2D eigenvalue weighted by Gasteiger charge is -2.34. The molecule has 0 saturated carbocycles. The minimum absolute atomic E-state index is 0.533. The van der Waals surface area contributed by atoms with Crippen molar-refractivity contribution in [2.24, 2.45) is 0 Å². The molecule has 1 aliphatic carbocycles. The zero-order chi connectivity index (χ0) is 39.3. The molecule has 55 heavy (non-hydrogen) atoms. The molecule has 0 unspecified atom stereocenters. The van der Waals surface area contributed by atoms with E-state index in [1.165, 1.54) is 33.4 Å². The highest BCUT2D eigenvalue weighted by Gasteiger charge is 2.46. The van der Waals surface area contributed by atoms with Gasteiger partial charge in [-0.1, -0.05) is 72.8 Å². The lowest BCUT2D eigenvalue weighted by Crippen LogP contribution is -2.46. The lowest BCUT2D eigenvalue weighted by atomic mass is 9.67. The molecule has 0 bridgehead atoms. The van der Waals surface area contributed by atoms with Gasteiger partial charge in [-0.3, -0.25) is 0 Å². The highest BCUT2D eigenvalue weighted by atomic mass is 28.4. The molecule has 0 heterocycles. The predicted octanol–water partition coefficient (Wildman–Crippen LogP) is 10.3. The fourth-order valence-corrected chi connectivity index (χ4v) is 13.2. The second-order valence-electron chi connectivity index (χ2n) is 13.7. The second kappa shape index (κ2) is 20.2. The van der Waals surface area contributed by atoms with Gasteiger partial charge >= 0.3 is 17.6 Å². The van der Waals surface area contributed by atoms with Crippen molar-refractivity contribution in [1.82, 2.24) is 0 Å². The molecule has 5 rings (SSSR count). The summed E-state index contributed by atoms with van der Waals surface area (Å²) in [6.07, 6.45) is 1.56. The van der Waals surface area contributed by atoms with Gasteiger partial charge in [-0.25, -0.2) is 0 Å². The molecule has 0 amide bonds. The third kappa shape index (κ3) is 9.46. The van der Waals surface area contributed by atoms with E-state index in [4.69, 9.17) is 36.0 Å². The maximum atomic E-state index is 6.42. The van der Waals surface area contributed by atoms with Crippen LogP contribution >= 0.6 is 0 Å². The number of hydrogen-bond acceptors (Lipinski definition) is 8. The number of benzene rings is 4. The molecule has 0 aromatic heterocycles. The summed E-state index contributed by atoms with van der Waals surface area (Å²) < 4.78 is 49.2. The first-order valence-electron chi connectivity index (χ1n) is 20.3. The van der Waals surface area contributed by atoms with Gasteiger partial charge in [0, 0.05) is 51.7 Å². The Morgan fingerprint density at radius 2 is 0.800 bits per heavy atom. The van der Waals surface area contributed by atoms with Crippen molar-refractivity contribution in [2.75, 3.05) is 52.9 Å². The van der Waals surface area contributed by atoms with Crippen LogP contribution in [0, 0.1) is 13.8 Å². The van der Waals surface area contributed by atoms with Gasteiger partial charge in [-0.15, -0.1) is 0 Å². The van der Waals surface area contributed by atoms with Crippen molar-refractivity contribution in [3.8, 4) is 22.6 Å². The second-order valence-corrected chi connectivity index (χ2v) is 19.1. The summed E-state index contributed by atoms with van der Waals surface area (Å²) in [7, 11) is -5.45. The highest BCUT2D eigenvalue weighted by molar-refractivity contribution is 6.61. The van der Waals surface area contributed by atoms with Crippen molar-refractivity contribution in [2.45, 2.75) is 85.7 Å². The zero-order valence-electron chi connectivity index (χ0n) is 34.3. The fourth-order valence-electron chi connectivity index (χ4n) is 8.06. The maximum absolute atomic E-state index is 6.42. The summed E-state index contributed by atoms with van der Waals surface area (Å²) in [4.78, 5) is 0. The minimum atomic E-state index is -2.73. The van der Waals surface area contributed by atoms with E-state index in [9.17, 15) is 0 Å². The van der Waals surface area contributed by atoms with E-state index in [1.807, 2.05) is 41.5 Å². The summed E-state index contributed by atoms with van der Waals surface area (Å²) in [5.74, 6) is 1.75. The summed E-state index contributed by atoms with van der Waals surface area (Å²) >= 11 is 0. The van der Waals surface area contributed by atoms with Crippen molar-refractivity contribution in [3.05, 3.63) is 118 Å². The largest absolute Gasteiger partial charge is 0.501 e. The molecule has 8 nitrogen and oxygen atoms in total. The van der Waals surface area contributed by atoms with Crippen LogP contribution in [0.15, 0.2) is 84.9 Å². The van der Waals surface area contributed by atoms with Gasteiger partial charge in [-0.05, 0) is 125 Å². The van der Waals surface area contributed by atoms with E-state index < -0.39 is 23.0 Å². The first-order chi connectivity index (χ1) is 26.8. The van der Waals surface area contributed by atoms with Gasteiger partial charge < -0.3 is 36.0 Å². The molecule has 1 aliphatic rings. The number of ether oxygens (including phenoxy) is 2. The first kappa shape index (κ1) is 42.8. The Balaban J connectivity index is 1.43. The van der Waals surface area contributed by atoms with E-state index in [0.717, 1.165) is 35.5 Å². The van der Waals surface area contributed by atoms with Crippen LogP contribution in [-0.4, -0.2) is 70.5 Å². The van der Waals surface area contributed by atoms with Crippen molar-refractivity contribution in [3.63, 3.8) is 0 Å². The topological polar surface area (TPSA) is 73.8 Å². The number of hydrogen-bond donors (Lipinski definition) is 0. The lowest BCUT2D eigenvalue weighted by molar-refractivity contribution is 0.0689. The normalized spacial score (nSPS) is 13.5. The van der Waals surface area contributed by atoms with Gasteiger partial charge in [0.25, 0.3) is 0 Å². The van der Waals surface area contributed by atoms with Crippen LogP contribution in [-0.2, 0) is 32.0 Å². The Morgan fingerprint density at radius 3 is 1.13 bits per heavy atom. The molecule has 0 atom stereocenters. The molecule has 298 valence electrons. The summed E-state index contributed by atoms with van der Waals surface area (Å²) in [5.41, 5.74) is 9.08. The Hall–Kier alpha value is -3.33. The van der Waals surface area contributed by atoms with Crippen molar-refractivity contribution < 1.29 is 36.0 Å². The van der Waals surface area contributed by atoms with Crippen LogP contribution in [0.2, 0.25) is 12.1 Å². The summed E-state index contributed by atoms with van der Waals surface area (Å²) in [6, 6.07) is 32.4. The third-order valence-electron chi connectivity index (χ3n) is 10.1. The summed E-state index contributed by atoms with van der Waals surface area (Å²) in [6.45, 7) is 20.7.